The van der Waals surface area contributed by atoms with Gasteiger partial charge < -0.3 is 10.6 Å². The molecular formula is C14H20Cl2N6O. The Hall–Kier alpha value is -1.70. The maximum Gasteiger partial charge on any atom is 0.224 e. The lowest BCUT2D eigenvalue weighted by Crippen LogP contribution is -2.30. The van der Waals surface area contributed by atoms with E-state index in [9.17, 15) is 4.79 Å². The fourth-order valence-electron chi connectivity index (χ4n) is 2.48. The molecule has 0 bridgehead atoms. The van der Waals surface area contributed by atoms with E-state index in [1.165, 1.54) is 6.33 Å². The summed E-state index contributed by atoms with van der Waals surface area (Å²) < 4.78 is 1.57. The molecule has 3 heterocycles. The lowest BCUT2D eigenvalue weighted by atomic mass is 9.94. The number of carbonyl (C=O) groups excluding carboxylic acids is 1. The lowest BCUT2D eigenvalue weighted by Gasteiger charge is -2.21. The molecule has 9 heteroatoms. The highest BCUT2D eigenvalue weighted by molar-refractivity contribution is 5.90. The SMILES string of the molecule is Cl.Cl.O=C(CC1CCNCC1)Nc1ccc(-n2cncn2)nc1. The van der Waals surface area contributed by atoms with E-state index in [1.54, 1.807) is 23.3 Å². The third kappa shape index (κ3) is 5.46. The van der Waals surface area contributed by atoms with Crippen LogP contribution in [0.1, 0.15) is 19.3 Å². The largest absolute Gasteiger partial charge is 0.325 e. The van der Waals surface area contributed by atoms with E-state index in [0.29, 0.717) is 23.8 Å². The molecule has 2 aromatic rings. The Morgan fingerprint density at radius 2 is 2.09 bits per heavy atom. The van der Waals surface area contributed by atoms with E-state index >= 15 is 0 Å². The molecule has 1 aliphatic rings. The van der Waals surface area contributed by atoms with Crippen LogP contribution in [0.3, 0.4) is 0 Å². The number of nitrogens with zero attached hydrogens (tertiary/aromatic N) is 4. The molecule has 1 aliphatic heterocycles. The monoisotopic (exact) mass is 358 g/mol. The Morgan fingerprint density at radius 1 is 1.30 bits per heavy atom. The summed E-state index contributed by atoms with van der Waals surface area (Å²) in [7, 11) is 0. The number of pyridine rings is 1. The summed E-state index contributed by atoms with van der Waals surface area (Å²) in [5.41, 5.74) is 0.706. The Balaban J connectivity index is 0.00000132. The number of aromatic nitrogens is 4. The predicted octanol–water partition coefficient (Wildman–Crippen LogP) is 1.83. The molecule has 1 fully saturated rings. The van der Waals surface area contributed by atoms with Gasteiger partial charge in [0.05, 0.1) is 11.9 Å². The van der Waals surface area contributed by atoms with Crippen molar-refractivity contribution in [3.8, 4) is 5.82 Å². The molecule has 2 aromatic heterocycles. The number of hydrogen-bond donors (Lipinski definition) is 2. The highest BCUT2D eigenvalue weighted by Crippen LogP contribution is 2.17. The fourth-order valence-corrected chi connectivity index (χ4v) is 2.48. The van der Waals surface area contributed by atoms with Gasteiger partial charge in [-0.1, -0.05) is 0 Å². The van der Waals surface area contributed by atoms with Crippen LogP contribution in [0.25, 0.3) is 5.82 Å². The number of hydrogen-bond acceptors (Lipinski definition) is 5. The number of halogens is 2. The van der Waals surface area contributed by atoms with Gasteiger partial charge in [0.2, 0.25) is 5.91 Å². The Morgan fingerprint density at radius 3 is 2.70 bits per heavy atom. The van der Waals surface area contributed by atoms with Crippen LogP contribution in [0.2, 0.25) is 0 Å². The van der Waals surface area contributed by atoms with Crippen LogP contribution >= 0.6 is 24.8 Å². The summed E-state index contributed by atoms with van der Waals surface area (Å²) in [6.45, 7) is 2.01. The minimum absolute atomic E-state index is 0. The van der Waals surface area contributed by atoms with Gasteiger partial charge in [-0.05, 0) is 44.0 Å². The van der Waals surface area contributed by atoms with Gasteiger partial charge in [-0.15, -0.1) is 24.8 Å². The molecule has 0 spiro atoms. The smallest absolute Gasteiger partial charge is 0.224 e. The Bertz CT molecular complexity index is 584. The fraction of sp³-hybridized carbons (Fsp3) is 0.429. The van der Waals surface area contributed by atoms with E-state index in [2.05, 4.69) is 25.7 Å². The van der Waals surface area contributed by atoms with Gasteiger partial charge in [0.1, 0.15) is 12.7 Å². The third-order valence-electron chi connectivity index (χ3n) is 3.62. The first-order chi connectivity index (χ1) is 10.3. The van der Waals surface area contributed by atoms with Crippen LogP contribution in [0, 0.1) is 5.92 Å². The van der Waals surface area contributed by atoms with Gasteiger partial charge in [-0.2, -0.15) is 5.10 Å². The zero-order valence-electron chi connectivity index (χ0n) is 12.5. The quantitative estimate of drug-likeness (QED) is 0.870. The summed E-state index contributed by atoms with van der Waals surface area (Å²) in [5.74, 6) is 1.20. The number of anilines is 1. The molecule has 1 amide bonds. The molecule has 126 valence electrons. The van der Waals surface area contributed by atoms with Crippen LogP contribution in [-0.2, 0) is 4.79 Å². The van der Waals surface area contributed by atoms with Crippen molar-refractivity contribution in [1.82, 2.24) is 25.1 Å². The first-order valence-electron chi connectivity index (χ1n) is 7.13. The first-order valence-corrected chi connectivity index (χ1v) is 7.13. The average Bonchev–Trinajstić information content (AvgIpc) is 3.03. The Kier molecular flexibility index (Phi) is 7.94. The number of amides is 1. The number of rotatable bonds is 4. The van der Waals surface area contributed by atoms with Crippen molar-refractivity contribution in [3.05, 3.63) is 31.0 Å². The van der Waals surface area contributed by atoms with Crippen molar-refractivity contribution in [3.63, 3.8) is 0 Å². The van der Waals surface area contributed by atoms with Gasteiger partial charge >= 0.3 is 0 Å². The summed E-state index contributed by atoms with van der Waals surface area (Å²) in [6, 6.07) is 3.62. The maximum atomic E-state index is 12.0. The minimum atomic E-state index is 0. The topological polar surface area (TPSA) is 84.7 Å². The molecule has 7 nitrogen and oxygen atoms in total. The molecule has 0 saturated carbocycles. The zero-order chi connectivity index (χ0) is 14.5. The molecule has 0 aromatic carbocycles. The highest BCUT2D eigenvalue weighted by atomic mass is 35.5. The second kappa shape index (κ2) is 9.44. The zero-order valence-corrected chi connectivity index (χ0v) is 14.1. The van der Waals surface area contributed by atoms with Gasteiger partial charge in [0.25, 0.3) is 0 Å². The number of nitrogens with one attached hydrogen (secondary N) is 2. The third-order valence-corrected chi connectivity index (χ3v) is 3.62. The van der Waals surface area contributed by atoms with Crippen LogP contribution in [-0.4, -0.2) is 38.7 Å². The van der Waals surface area contributed by atoms with Crippen molar-refractivity contribution in [1.29, 1.82) is 0 Å². The second-order valence-corrected chi connectivity index (χ2v) is 5.19. The van der Waals surface area contributed by atoms with Crippen molar-refractivity contribution in [2.45, 2.75) is 19.3 Å². The molecule has 3 rings (SSSR count). The van der Waals surface area contributed by atoms with Crippen molar-refractivity contribution < 1.29 is 4.79 Å². The van der Waals surface area contributed by atoms with Crippen molar-refractivity contribution >= 4 is 36.4 Å². The lowest BCUT2D eigenvalue weighted by molar-refractivity contribution is -0.117. The number of carbonyl (C=O) groups is 1. The van der Waals surface area contributed by atoms with Crippen molar-refractivity contribution in [2.75, 3.05) is 18.4 Å². The van der Waals surface area contributed by atoms with E-state index in [-0.39, 0.29) is 30.7 Å². The normalized spacial score (nSPS) is 14.4. The molecule has 0 radical (unpaired) electrons. The van der Waals surface area contributed by atoms with Crippen LogP contribution < -0.4 is 10.6 Å². The predicted molar refractivity (Wildman–Crippen MR) is 92.5 cm³/mol. The molecule has 0 unspecified atom stereocenters. The second-order valence-electron chi connectivity index (χ2n) is 5.19. The van der Waals surface area contributed by atoms with Gasteiger partial charge in [0.15, 0.2) is 5.82 Å². The van der Waals surface area contributed by atoms with Crippen LogP contribution in [0.5, 0.6) is 0 Å². The van der Waals surface area contributed by atoms with Gasteiger partial charge in [-0.3, -0.25) is 4.79 Å². The molecule has 23 heavy (non-hydrogen) atoms. The summed E-state index contributed by atoms with van der Waals surface area (Å²) in [5, 5.41) is 10.2. The van der Waals surface area contributed by atoms with Gasteiger partial charge in [0, 0.05) is 6.42 Å². The summed E-state index contributed by atoms with van der Waals surface area (Å²) in [4.78, 5) is 20.1. The molecule has 0 aliphatic carbocycles. The van der Waals surface area contributed by atoms with Crippen molar-refractivity contribution in [2.24, 2.45) is 5.92 Å². The molecule has 2 N–H and O–H groups in total. The number of piperidine rings is 1. The first kappa shape index (κ1) is 19.3. The maximum absolute atomic E-state index is 12.0. The highest BCUT2D eigenvalue weighted by Gasteiger charge is 2.16. The van der Waals surface area contributed by atoms with Gasteiger partial charge in [-0.25, -0.2) is 14.6 Å². The van der Waals surface area contributed by atoms with E-state index in [4.69, 9.17) is 0 Å². The molecule has 0 atom stereocenters. The van der Waals surface area contributed by atoms with E-state index < -0.39 is 0 Å². The average molecular weight is 359 g/mol. The molecule has 1 saturated heterocycles. The van der Waals surface area contributed by atoms with Crippen LogP contribution in [0.15, 0.2) is 31.0 Å². The summed E-state index contributed by atoms with van der Waals surface area (Å²) in [6.07, 6.45) is 7.38. The standard InChI is InChI=1S/C14H18N6O.2ClH/c21-14(7-11-3-5-15-6-4-11)19-12-1-2-13(17-8-12)20-10-16-9-18-20;;/h1-2,8-11,15H,3-7H2,(H,19,21);2*1H. The van der Waals surface area contributed by atoms with E-state index in [1.807, 2.05) is 6.07 Å². The Labute approximate surface area is 147 Å². The summed E-state index contributed by atoms with van der Waals surface area (Å²) >= 11 is 0. The molecular weight excluding hydrogens is 339 g/mol. The van der Waals surface area contributed by atoms with Crippen LogP contribution in [0.4, 0.5) is 5.69 Å². The van der Waals surface area contributed by atoms with E-state index in [0.717, 1.165) is 25.9 Å². The minimum Gasteiger partial charge on any atom is -0.325 e.